The summed E-state index contributed by atoms with van der Waals surface area (Å²) in [4.78, 5) is 13.6. The molecule has 3 heteroatoms. The van der Waals surface area contributed by atoms with E-state index in [1.807, 2.05) is 11.9 Å². The third-order valence-electron chi connectivity index (χ3n) is 3.93. The number of hydrogen-bond donors (Lipinski definition) is 1. The minimum atomic E-state index is 0.219. The molecule has 1 amide bonds. The minimum Gasteiger partial charge on any atom is -0.316 e. The highest BCUT2D eigenvalue weighted by molar-refractivity contribution is 6.01. The number of likely N-dealkylation sites (N-methyl/N-ethyl adjacent to an activating group) is 1. The summed E-state index contributed by atoms with van der Waals surface area (Å²) in [5, 5.41) is 3.40. The number of hydrogen-bond acceptors (Lipinski definition) is 2. The molecule has 1 fully saturated rings. The fraction of sp³-hybridized carbons (Fsp3) is 0.500. The molecule has 1 unspecified atom stereocenters. The zero-order chi connectivity index (χ0) is 11.8. The normalized spacial score (nSPS) is 23.2. The maximum atomic E-state index is 11.7. The summed E-state index contributed by atoms with van der Waals surface area (Å²) >= 11 is 0. The van der Waals surface area contributed by atoms with Crippen molar-refractivity contribution in [3.05, 3.63) is 29.3 Å². The van der Waals surface area contributed by atoms with Gasteiger partial charge in [0.25, 0.3) is 0 Å². The second kappa shape index (κ2) is 4.15. The maximum Gasteiger partial charge on any atom is 0.231 e. The Bertz CT molecular complexity index is 450. The second-order valence-corrected chi connectivity index (χ2v) is 5.12. The molecule has 0 bridgehead atoms. The van der Waals surface area contributed by atoms with Gasteiger partial charge in [-0.25, -0.2) is 0 Å². The molecule has 90 valence electrons. The van der Waals surface area contributed by atoms with Crippen LogP contribution in [-0.2, 0) is 17.6 Å². The van der Waals surface area contributed by atoms with Crippen molar-refractivity contribution >= 4 is 11.6 Å². The van der Waals surface area contributed by atoms with Crippen molar-refractivity contribution in [1.29, 1.82) is 0 Å². The van der Waals surface area contributed by atoms with Crippen LogP contribution in [0.4, 0.5) is 5.69 Å². The summed E-state index contributed by atoms with van der Waals surface area (Å²) < 4.78 is 0. The molecule has 1 aromatic rings. The van der Waals surface area contributed by atoms with E-state index in [-0.39, 0.29) is 5.91 Å². The Morgan fingerprint density at radius 1 is 1.47 bits per heavy atom. The highest BCUT2D eigenvalue weighted by Gasteiger charge is 2.27. The molecule has 0 aliphatic carbocycles. The topological polar surface area (TPSA) is 32.3 Å². The maximum absolute atomic E-state index is 11.7. The molecule has 1 saturated heterocycles. The number of nitrogens with zero attached hydrogens (tertiary/aromatic N) is 1. The van der Waals surface area contributed by atoms with Crippen LogP contribution in [0.2, 0.25) is 0 Å². The molecule has 0 radical (unpaired) electrons. The molecule has 1 aromatic carbocycles. The summed E-state index contributed by atoms with van der Waals surface area (Å²) in [5.41, 5.74) is 3.70. The van der Waals surface area contributed by atoms with E-state index < -0.39 is 0 Å². The number of amides is 1. The van der Waals surface area contributed by atoms with Crippen molar-refractivity contribution in [3.8, 4) is 0 Å². The van der Waals surface area contributed by atoms with Gasteiger partial charge in [-0.1, -0.05) is 18.2 Å². The Morgan fingerprint density at radius 3 is 3.12 bits per heavy atom. The number of benzene rings is 1. The monoisotopic (exact) mass is 230 g/mol. The van der Waals surface area contributed by atoms with Crippen molar-refractivity contribution in [2.45, 2.75) is 19.3 Å². The Labute approximate surface area is 102 Å². The van der Waals surface area contributed by atoms with Crippen LogP contribution in [0.15, 0.2) is 18.2 Å². The number of rotatable bonds is 2. The zero-order valence-electron chi connectivity index (χ0n) is 10.2. The lowest BCUT2D eigenvalue weighted by atomic mass is 9.95. The number of carbonyl (C=O) groups excluding carboxylic acids is 1. The lowest BCUT2D eigenvalue weighted by molar-refractivity contribution is -0.117. The van der Waals surface area contributed by atoms with E-state index in [9.17, 15) is 4.79 Å². The van der Waals surface area contributed by atoms with Crippen LogP contribution in [0.3, 0.4) is 0 Å². The molecule has 3 rings (SSSR count). The van der Waals surface area contributed by atoms with Crippen LogP contribution in [0.5, 0.6) is 0 Å². The van der Waals surface area contributed by atoms with Gasteiger partial charge < -0.3 is 10.2 Å². The van der Waals surface area contributed by atoms with Crippen LogP contribution in [0.1, 0.15) is 17.5 Å². The largest absolute Gasteiger partial charge is 0.316 e. The van der Waals surface area contributed by atoms with Crippen molar-refractivity contribution in [2.75, 3.05) is 25.0 Å². The molecule has 3 nitrogen and oxygen atoms in total. The average molecular weight is 230 g/mol. The van der Waals surface area contributed by atoms with E-state index >= 15 is 0 Å². The van der Waals surface area contributed by atoms with E-state index in [1.54, 1.807) is 0 Å². The standard InChI is InChI=1S/C14H18N2O/c1-16-13(17)8-12-4-2-3-11(14(12)16)7-10-5-6-15-9-10/h2-4,10,15H,5-9H2,1H3. The first-order valence-corrected chi connectivity index (χ1v) is 6.34. The summed E-state index contributed by atoms with van der Waals surface area (Å²) in [6, 6.07) is 6.34. The number of para-hydroxylation sites is 1. The molecule has 2 heterocycles. The van der Waals surface area contributed by atoms with E-state index in [1.165, 1.54) is 23.2 Å². The Balaban J connectivity index is 1.90. The summed E-state index contributed by atoms with van der Waals surface area (Å²) in [7, 11) is 1.89. The second-order valence-electron chi connectivity index (χ2n) is 5.12. The van der Waals surface area contributed by atoms with Crippen LogP contribution >= 0.6 is 0 Å². The summed E-state index contributed by atoms with van der Waals surface area (Å²) in [6.45, 7) is 2.25. The molecule has 0 spiro atoms. The first-order chi connectivity index (χ1) is 8.25. The van der Waals surface area contributed by atoms with Crippen molar-refractivity contribution < 1.29 is 4.79 Å². The van der Waals surface area contributed by atoms with E-state index in [4.69, 9.17) is 0 Å². The molecule has 17 heavy (non-hydrogen) atoms. The average Bonchev–Trinajstić information content (AvgIpc) is 2.90. The fourth-order valence-electron chi connectivity index (χ4n) is 2.99. The third-order valence-corrected chi connectivity index (χ3v) is 3.93. The fourth-order valence-corrected chi connectivity index (χ4v) is 2.99. The molecule has 0 saturated carbocycles. The van der Waals surface area contributed by atoms with Crippen molar-refractivity contribution in [3.63, 3.8) is 0 Å². The van der Waals surface area contributed by atoms with Crippen LogP contribution in [-0.4, -0.2) is 26.0 Å². The zero-order valence-corrected chi connectivity index (χ0v) is 10.2. The highest BCUT2D eigenvalue weighted by Crippen LogP contribution is 2.33. The molecular formula is C14H18N2O. The first-order valence-electron chi connectivity index (χ1n) is 6.34. The lowest BCUT2D eigenvalue weighted by Crippen LogP contribution is -2.22. The van der Waals surface area contributed by atoms with Gasteiger partial charge in [0.2, 0.25) is 5.91 Å². The highest BCUT2D eigenvalue weighted by atomic mass is 16.2. The Morgan fingerprint density at radius 2 is 2.35 bits per heavy atom. The van der Waals surface area contributed by atoms with Crippen LogP contribution in [0, 0.1) is 5.92 Å². The van der Waals surface area contributed by atoms with Gasteiger partial charge in [-0.3, -0.25) is 4.79 Å². The van der Waals surface area contributed by atoms with Gasteiger partial charge in [-0.2, -0.15) is 0 Å². The van der Waals surface area contributed by atoms with Crippen molar-refractivity contribution in [1.82, 2.24) is 5.32 Å². The van der Waals surface area contributed by atoms with E-state index in [2.05, 4.69) is 23.5 Å². The Kier molecular flexibility index (Phi) is 2.63. The van der Waals surface area contributed by atoms with Gasteiger partial charge in [0, 0.05) is 7.05 Å². The lowest BCUT2D eigenvalue weighted by Gasteiger charge is -2.17. The summed E-state index contributed by atoms with van der Waals surface area (Å²) in [6.07, 6.45) is 2.91. The molecule has 0 aromatic heterocycles. The number of anilines is 1. The van der Waals surface area contributed by atoms with Crippen LogP contribution in [0.25, 0.3) is 0 Å². The Hall–Kier alpha value is -1.35. The predicted octanol–water partition coefficient (Wildman–Crippen LogP) is 1.36. The smallest absolute Gasteiger partial charge is 0.231 e. The molecule has 2 aliphatic rings. The SMILES string of the molecule is CN1C(=O)Cc2cccc(CC3CCNC3)c21. The van der Waals surface area contributed by atoms with Crippen molar-refractivity contribution in [2.24, 2.45) is 5.92 Å². The third kappa shape index (κ3) is 1.84. The number of nitrogens with one attached hydrogen (secondary N) is 1. The molecule has 1 atom stereocenters. The number of fused-ring (bicyclic) bond motifs is 1. The van der Waals surface area contributed by atoms with Gasteiger partial charge in [0.1, 0.15) is 0 Å². The van der Waals surface area contributed by atoms with Gasteiger partial charge in [0.15, 0.2) is 0 Å². The van der Waals surface area contributed by atoms with Gasteiger partial charge >= 0.3 is 0 Å². The molecule has 1 N–H and O–H groups in total. The van der Waals surface area contributed by atoms with Gasteiger partial charge in [-0.15, -0.1) is 0 Å². The van der Waals surface area contributed by atoms with E-state index in [0.717, 1.165) is 25.4 Å². The van der Waals surface area contributed by atoms with Gasteiger partial charge in [0.05, 0.1) is 12.1 Å². The quantitative estimate of drug-likeness (QED) is 0.832. The number of carbonyl (C=O) groups is 1. The van der Waals surface area contributed by atoms with E-state index in [0.29, 0.717) is 6.42 Å². The summed E-state index contributed by atoms with van der Waals surface area (Å²) in [5.74, 6) is 0.947. The predicted molar refractivity (Wildman–Crippen MR) is 68.2 cm³/mol. The van der Waals surface area contributed by atoms with Gasteiger partial charge in [-0.05, 0) is 43.0 Å². The molecular weight excluding hydrogens is 212 g/mol. The minimum absolute atomic E-state index is 0.219. The molecule has 2 aliphatic heterocycles. The first kappa shape index (κ1) is 10.8. The van der Waals surface area contributed by atoms with Crippen LogP contribution < -0.4 is 10.2 Å².